The van der Waals surface area contributed by atoms with Gasteiger partial charge in [-0.2, -0.15) is 0 Å². The normalized spacial score (nSPS) is 19.6. The maximum absolute atomic E-state index is 11.6. The molecule has 0 radical (unpaired) electrons. The van der Waals surface area contributed by atoms with E-state index >= 15 is 0 Å². The van der Waals surface area contributed by atoms with Crippen molar-refractivity contribution in [2.45, 2.75) is 6.42 Å². The maximum Gasteiger partial charge on any atom is 0.347 e. The molecule has 2 heterocycles. The first-order chi connectivity index (χ1) is 7.99. The van der Waals surface area contributed by atoms with Crippen LogP contribution in [0.4, 0.5) is 5.13 Å². The molecule has 7 nitrogen and oxygen atoms in total. The van der Waals surface area contributed by atoms with Gasteiger partial charge in [0.15, 0.2) is 5.13 Å². The minimum atomic E-state index is -1.12. The van der Waals surface area contributed by atoms with E-state index in [0.717, 1.165) is 17.5 Å². The average Bonchev–Trinajstić information content (AvgIpc) is 2.83. The number of carbonyl (C=O) groups is 3. The molecule has 1 aromatic heterocycles. The number of carboxylic acids is 2. The van der Waals surface area contributed by atoms with E-state index < -0.39 is 17.9 Å². The molecule has 2 N–H and O–H groups in total. The van der Waals surface area contributed by atoms with Gasteiger partial charge in [0, 0.05) is 13.0 Å². The predicted molar refractivity (Wildman–Crippen MR) is 57.2 cm³/mol. The number of aromatic carboxylic acids is 1. The Morgan fingerprint density at radius 3 is 2.65 bits per heavy atom. The molecule has 1 atom stereocenters. The summed E-state index contributed by atoms with van der Waals surface area (Å²) in [6, 6.07) is 0. The van der Waals surface area contributed by atoms with Crippen LogP contribution >= 0.6 is 11.3 Å². The van der Waals surface area contributed by atoms with Gasteiger partial charge in [0.25, 0.3) is 0 Å². The van der Waals surface area contributed by atoms with E-state index in [4.69, 9.17) is 10.2 Å². The number of aliphatic carboxylic acids is 1. The second-order valence-electron chi connectivity index (χ2n) is 3.56. The summed E-state index contributed by atoms with van der Waals surface area (Å²) < 4.78 is 0. The summed E-state index contributed by atoms with van der Waals surface area (Å²) in [5, 5.41) is 17.8. The maximum atomic E-state index is 11.6. The number of amides is 1. The van der Waals surface area contributed by atoms with Gasteiger partial charge in [0.2, 0.25) is 5.91 Å². The quantitative estimate of drug-likeness (QED) is 0.804. The lowest BCUT2D eigenvalue weighted by Gasteiger charge is -2.10. The zero-order valence-electron chi connectivity index (χ0n) is 8.49. The van der Waals surface area contributed by atoms with Crippen LogP contribution in [-0.2, 0) is 9.59 Å². The van der Waals surface area contributed by atoms with Crippen molar-refractivity contribution >= 4 is 34.3 Å². The highest BCUT2D eigenvalue weighted by Crippen LogP contribution is 2.28. The Bertz CT molecular complexity index is 497. The SMILES string of the molecule is O=C(O)c1cnc(N2CC(C(=O)O)CC2=O)s1. The Balaban J connectivity index is 2.20. The van der Waals surface area contributed by atoms with E-state index in [0.29, 0.717) is 0 Å². The molecule has 1 amide bonds. The van der Waals surface area contributed by atoms with Crippen LogP contribution in [0, 0.1) is 5.92 Å². The molecule has 1 saturated heterocycles. The number of hydrogen-bond acceptors (Lipinski definition) is 5. The molecule has 17 heavy (non-hydrogen) atoms. The second kappa shape index (κ2) is 4.13. The second-order valence-corrected chi connectivity index (χ2v) is 4.56. The first-order valence-corrected chi connectivity index (χ1v) is 5.53. The monoisotopic (exact) mass is 256 g/mol. The summed E-state index contributed by atoms with van der Waals surface area (Å²) in [6.07, 6.45) is 1.08. The van der Waals surface area contributed by atoms with E-state index in [2.05, 4.69) is 4.98 Å². The highest BCUT2D eigenvalue weighted by Gasteiger charge is 2.36. The van der Waals surface area contributed by atoms with Gasteiger partial charge in [-0.3, -0.25) is 14.5 Å². The number of nitrogens with zero attached hydrogens (tertiary/aromatic N) is 2. The van der Waals surface area contributed by atoms with Crippen LogP contribution in [0.25, 0.3) is 0 Å². The highest BCUT2D eigenvalue weighted by atomic mass is 32.1. The lowest BCUT2D eigenvalue weighted by molar-refractivity contribution is -0.141. The van der Waals surface area contributed by atoms with Gasteiger partial charge < -0.3 is 10.2 Å². The summed E-state index contributed by atoms with van der Waals surface area (Å²) in [6.45, 7) is 0.0424. The van der Waals surface area contributed by atoms with Gasteiger partial charge in [-0.1, -0.05) is 11.3 Å². The average molecular weight is 256 g/mol. The number of carbonyl (C=O) groups excluding carboxylic acids is 1. The van der Waals surface area contributed by atoms with Gasteiger partial charge in [-0.15, -0.1) is 0 Å². The first-order valence-electron chi connectivity index (χ1n) is 4.71. The molecule has 8 heteroatoms. The number of anilines is 1. The third-order valence-corrected chi connectivity index (χ3v) is 3.42. The van der Waals surface area contributed by atoms with Crippen LogP contribution in [0.3, 0.4) is 0 Å². The molecule has 1 aromatic rings. The summed E-state index contributed by atoms with van der Waals surface area (Å²) >= 11 is 0.857. The van der Waals surface area contributed by atoms with Crippen LogP contribution in [0.1, 0.15) is 16.1 Å². The van der Waals surface area contributed by atoms with Gasteiger partial charge in [-0.25, -0.2) is 9.78 Å². The fraction of sp³-hybridized carbons (Fsp3) is 0.333. The standard InChI is InChI=1S/C9H8N2O5S/c12-6-1-4(7(13)14)3-11(6)9-10-2-5(17-9)8(15)16/h2,4H,1,3H2,(H,13,14)(H,15,16). The molecule has 1 unspecified atom stereocenters. The molecule has 0 saturated carbocycles. The minimum absolute atomic E-state index is 0.0200. The minimum Gasteiger partial charge on any atom is -0.481 e. The molecule has 1 aliphatic rings. The lowest BCUT2D eigenvalue weighted by atomic mass is 10.1. The summed E-state index contributed by atoms with van der Waals surface area (Å²) in [7, 11) is 0. The fourth-order valence-corrected chi connectivity index (χ4v) is 2.33. The first kappa shape index (κ1) is 11.5. The van der Waals surface area contributed by atoms with Crippen molar-refractivity contribution in [3.63, 3.8) is 0 Å². The van der Waals surface area contributed by atoms with Crippen molar-refractivity contribution in [2.24, 2.45) is 5.92 Å². The molecule has 0 aromatic carbocycles. The van der Waals surface area contributed by atoms with Gasteiger partial charge in [0.1, 0.15) is 4.88 Å². The molecule has 0 bridgehead atoms. The zero-order valence-corrected chi connectivity index (χ0v) is 9.31. The van der Waals surface area contributed by atoms with E-state index in [1.54, 1.807) is 0 Å². The smallest absolute Gasteiger partial charge is 0.347 e. The van der Waals surface area contributed by atoms with Gasteiger partial charge in [0.05, 0.1) is 12.1 Å². The highest BCUT2D eigenvalue weighted by molar-refractivity contribution is 7.17. The number of aromatic nitrogens is 1. The lowest BCUT2D eigenvalue weighted by Crippen LogP contribution is -2.25. The van der Waals surface area contributed by atoms with Crippen LogP contribution in [-0.4, -0.2) is 39.6 Å². The van der Waals surface area contributed by atoms with Crippen LogP contribution < -0.4 is 4.90 Å². The number of carboxylic acid groups (broad SMARTS) is 2. The summed E-state index contributed by atoms with van der Waals surface area (Å²) in [5.41, 5.74) is 0. The molecule has 1 aliphatic heterocycles. The fourth-order valence-electron chi connectivity index (χ4n) is 1.55. The number of hydrogen-bond donors (Lipinski definition) is 2. The third-order valence-electron chi connectivity index (χ3n) is 2.41. The van der Waals surface area contributed by atoms with Crippen LogP contribution in [0.2, 0.25) is 0 Å². The van der Waals surface area contributed by atoms with Crippen LogP contribution in [0.15, 0.2) is 6.20 Å². The van der Waals surface area contributed by atoms with Crippen molar-refractivity contribution in [1.82, 2.24) is 4.98 Å². The van der Waals surface area contributed by atoms with Crippen molar-refractivity contribution in [2.75, 3.05) is 11.4 Å². The van der Waals surface area contributed by atoms with Gasteiger partial charge in [-0.05, 0) is 0 Å². The third kappa shape index (κ3) is 2.11. The topological polar surface area (TPSA) is 108 Å². The number of rotatable bonds is 3. The molecule has 1 fully saturated rings. The molecular formula is C9H8N2O5S. The summed E-state index contributed by atoms with van der Waals surface area (Å²) in [5.74, 6) is -3.24. The van der Waals surface area contributed by atoms with E-state index in [1.807, 2.05) is 0 Å². The van der Waals surface area contributed by atoms with Crippen molar-refractivity contribution < 1.29 is 24.6 Å². The summed E-state index contributed by atoms with van der Waals surface area (Å²) in [4.78, 5) is 38.0. The predicted octanol–water partition coefficient (Wildman–Crippen LogP) is 0.279. The Labute approximate surface area is 99.3 Å². The molecule has 90 valence electrons. The Morgan fingerprint density at radius 1 is 1.47 bits per heavy atom. The van der Waals surface area contributed by atoms with E-state index in [-0.39, 0.29) is 28.9 Å². The van der Waals surface area contributed by atoms with Crippen molar-refractivity contribution in [1.29, 1.82) is 0 Å². The van der Waals surface area contributed by atoms with Crippen molar-refractivity contribution in [3.8, 4) is 0 Å². The number of thiazole rings is 1. The zero-order chi connectivity index (χ0) is 12.6. The van der Waals surface area contributed by atoms with Crippen LogP contribution in [0.5, 0.6) is 0 Å². The Morgan fingerprint density at radius 2 is 2.18 bits per heavy atom. The van der Waals surface area contributed by atoms with E-state index in [9.17, 15) is 14.4 Å². The Kier molecular flexibility index (Phi) is 2.80. The molecule has 0 spiro atoms. The molecule has 2 rings (SSSR count). The van der Waals surface area contributed by atoms with Gasteiger partial charge >= 0.3 is 11.9 Å². The molecular weight excluding hydrogens is 248 g/mol. The van der Waals surface area contributed by atoms with Crippen molar-refractivity contribution in [3.05, 3.63) is 11.1 Å². The largest absolute Gasteiger partial charge is 0.481 e. The van der Waals surface area contributed by atoms with E-state index in [1.165, 1.54) is 4.90 Å². The Hall–Kier alpha value is -1.96. The molecule has 0 aliphatic carbocycles.